The molecule has 0 amide bonds. The minimum atomic E-state index is -0.873. The molecule has 1 aliphatic heterocycles. The SMILES string of the molecule is CC1(n2nnnc2SCC(=O)O)CCOCC1. The molecule has 2 rings (SSSR count). The molecule has 94 valence electrons. The molecule has 8 heteroatoms. The summed E-state index contributed by atoms with van der Waals surface area (Å²) in [6.45, 7) is 3.43. The lowest BCUT2D eigenvalue weighted by Gasteiger charge is -2.33. The van der Waals surface area contributed by atoms with Gasteiger partial charge in [0.15, 0.2) is 0 Å². The number of tetrazole rings is 1. The van der Waals surface area contributed by atoms with Crippen LogP contribution >= 0.6 is 11.8 Å². The van der Waals surface area contributed by atoms with E-state index in [0.29, 0.717) is 18.4 Å². The van der Waals surface area contributed by atoms with Crippen LogP contribution in [-0.2, 0) is 15.1 Å². The monoisotopic (exact) mass is 258 g/mol. The summed E-state index contributed by atoms with van der Waals surface area (Å²) in [7, 11) is 0. The summed E-state index contributed by atoms with van der Waals surface area (Å²) >= 11 is 1.14. The fourth-order valence-corrected chi connectivity index (χ4v) is 2.48. The third-order valence-electron chi connectivity index (χ3n) is 2.85. The summed E-state index contributed by atoms with van der Waals surface area (Å²) in [5, 5.41) is 20.7. The van der Waals surface area contributed by atoms with Crippen LogP contribution in [0.15, 0.2) is 5.16 Å². The summed E-state index contributed by atoms with van der Waals surface area (Å²) in [6.07, 6.45) is 1.66. The molecule has 0 aliphatic carbocycles. The molecule has 7 nitrogen and oxygen atoms in total. The van der Waals surface area contributed by atoms with Crippen LogP contribution in [-0.4, -0.2) is 50.2 Å². The van der Waals surface area contributed by atoms with Crippen LogP contribution in [0.5, 0.6) is 0 Å². The molecule has 0 spiro atoms. The quantitative estimate of drug-likeness (QED) is 0.780. The van der Waals surface area contributed by atoms with Gasteiger partial charge in [0.1, 0.15) is 0 Å². The molecular weight excluding hydrogens is 244 g/mol. The Morgan fingerprint density at radius 3 is 2.94 bits per heavy atom. The van der Waals surface area contributed by atoms with Crippen LogP contribution in [0.1, 0.15) is 19.8 Å². The van der Waals surface area contributed by atoms with Gasteiger partial charge >= 0.3 is 5.97 Å². The number of hydrogen-bond acceptors (Lipinski definition) is 6. The van der Waals surface area contributed by atoms with Gasteiger partial charge in [-0.25, -0.2) is 4.68 Å². The molecule has 0 saturated carbocycles. The second-order valence-electron chi connectivity index (χ2n) is 4.16. The van der Waals surface area contributed by atoms with E-state index in [0.717, 1.165) is 24.6 Å². The minimum absolute atomic E-state index is 0.0348. The molecular formula is C9H14N4O3S. The zero-order valence-electron chi connectivity index (χ0n) is 9.50. The number of rotatable bonds is 4. The maximum absolute atomic E-state index is 10.5. The van der Waals surface area contributed by atoms with Crippen LogP contribution in [0.4, 0.5) is 0 Å². The molecule has 0 unspecified atom stereocenters. The Kier molecular flexibility index (Phi) is 3.63. The molecule has 0 bridgehead atoms. The Balaban J connectivity index is 2.14. The molecule has 17 heavy (non-hydrogen) atoms. The molecule has 2 heterocycles. The Morgan fingerprint density at radius 1 is 1.59 bits per heavy atom. The van der Waals surface area contributed by atoms with Crippen molar-refractivity contribution >= 4 is 17.7 Å². The average molecular weight is 258 g/mol. The highest BCUT2D eigenvalue weighted by atomic mass is 32.2. The zero-order chi connectivity index (χ0) is 12.3. The fourth-order valence-electron chi connectivity index (χ4n) is 1.76. The predicted octanol–water partition coefficient (Wildman–Crippen LogP) is 0.375. The third kappa shape index (κ3) is 2.75. The topological polar surface area (TPSA) is 90.1 Å². The van der Waals surface area contributed by atoms with Crippen molar-refractivity contribution in [2.45, 2.75) is 30.5 Å². The van der Waals surface area contributed by atoms with E-state index >= 15 is 0 Å². The minimum Gasteiger partial charge on any atom is -0.481 e. The lowest BCUT2D eigenvalue weighted by Crippen LogP contribution is -2.38. The molecule has 1 aromatic rings. The maximum Gasteiger partial charge on any atom is 0.313 e. The third-order valence-corrected chi connectivity index (χ3v) is 3.75. The highest BCUT2D eigenvalue weighted by Crippen LogP contribution is 2.30. The van der Waals surface area contributed by atoms with Gasteiger partial charge in [0, 0.05) is 13.2 Å². The number of nitrogens with zero attached hydrogens (tertiary/aromatic N) is 4. The predicted molar refractivity (Wildman–Crippen MR) is 59.9 cm³/mol. The first-order valence-electron chi connectivity index (χ1n) is 5.33. The standard InChI is InChI=1S/C9H14N4O3S/c1-9(2-4-16-5-3-9)13-8(10-11-12-13)17-6-7(14)15/h2-6H2,1H3,(H,14,15). The molecule has 1 N–H and O–H groups in total. The summed E-state index contributed by atoms with van der Waals surface area (Å²) in [5.74, 6) is -0.908. The maximum atomic E-state index is 10.5. The Bertz CT molecular complexity index is 403. The Labute approximate surface area is 103 Å². The fraction of sp³-hybridized carbons (Fsp3) is 0.778. The molecule has 1 aromatic heterocycles. The summed E-state index contributed by atoms with van der Waals surface area (Å²) in [6, 6.07) is 0. The normalized spacial score (nSPS) is 19.1. The number of ether oxygens (including phenoxy) is 1. The molecule has 1 fully saturated rings. The number of hydrogen-bond donors (Lipinski definition) is 1. The van der Waals surface area contributed by atoms with Gasteiger partial charge in [-0.05, 0) is 30.2 Å². The molecule has 0 aromatic carbocycles. The van der Waals surface area contributed by atoms with Gasteiger partial charge in [0.2, 0.25) is 5.16 Å². The Hall–Kier alpha value is -1.15. The lowest BCUT2D eigenvalue weighted by molar-refractivity contribution is -0.133. The summed E-state index contributed by atoms with van der Waals surface area (Å²) in [5.41, 5.74) is -0.178. The first-order chi connectivity index (χ1) is 8.12. The number of carboxylic acid groups (broad SMARTS) is 1. The van der Waals surface area contributed by atoms with Gasteiger partial charge < -0.3 is 9.84 Å². The van der Waals surface area contributed by atoms with Gasteiger partial charge in [-0.1, -0.05) is 11.8 Å². The van der Waals surface area contributed by atoms with E-state index < -0.39 is 5.97 Å². The van der Waals surface area contributed by atoms with Crippen molar-refractivity contribution in [3.05, 3.63) is 0 Å². The van der Waals surface area contributed by atoms with E-state index in [4.69, 9.17) is 9.84 Å². The van der Waals surface area contributed by atoms with Gasteiger partial charge in [0.25, 0.3) is 0 Å². The summed E-state index contributed by atoms with van der Waals surface area (Å²) in [4.78, 5) is 10.5. The van der Waals surface area contributed by atoms with Crippen molar-refractivity contribution in [1.29, 1.82) is 0 Å². The van der Waals surface area contributed by atoms with Crippen molar-refractivity contribution in [2.75, 3.05) is 19.0 Å². The average Bonchev–Trinajstić information content (AvgIpc) is 2.76. The second kappa shape index (κ2) is 5.01. The first-order valence-corrected chi connectivity index (χ1v) is 6.31. The number of aliphatic carboxylic acids is 1. The highest BCUT2D eigenvalue weighted by molar-refractivity contribution is 7.99. The van der Waals surface area contributed by atoms with E-state index in [9.17, 15) is 4.79 Å². The van der Waals surface area contributed by atoms with E-state index in [1.165, 1.54) is 0 Å². The van der Waals surface area contributed by atoms with Crippen molar-refractivity contribution in [3.8, 4) is 0 Å². The molecule has 1 saturated heterocycles. The van der Waals surface area contributed by atoms with Gasteiger partial charge in [0.05, 0.1) is 11.3 Å². The van der Waals surface area contributed by atoms with Crippen molar-refractivity contribution in [1.82, 2.24) is 20.2 Å². The van der Waals surface area contributed by atoms with Crippen LogP contribution < -0.4 is 0 Å². The highest BCUT2D eigenvalue weighted by Gasteiger charge is 2.33. The van der Waals surface area contributed by atoms with E-state index in [1.807, 2.05) is 0 Å². The van der Waals surface area contributed by atoms with E-state index in [1.54, 1.807) is 4.68 Å². The van der Waals surface area contributed by atoms with Crippen LogP contribution in [0.25, 0.3) is 0 Å². The van der Waals surface area contributed by atoms with Gasteiger partial charge in [-0.3, -0.25) is 4.79 Å². The van der Waals surface area contributed by atoms with Crippen LogP contribution in [0, 0.1) is 0 Å². The van der Waals surface area contributed by atoms with E-state index in [2.05, 4.69) is 22.4 Å². The Morgan fingerprint density at radius 2 is 2.29 bits per heavy atom. The van der Waals surface area contributed by atoms with Crippen LogP contribution in [0.3, 0.4) is 0 Å². The number of aromatic nitrogens is 4. The van der Waals surface area contributed by atoms with Gasteiger partial charge in [-0.2, -0.15) is 0 Å². The molecule has 1 aliphatic rings. The zero-order valence-corrected chi connectivity index (χ0v) is 10.3. The van der Waals surface area contributed by atoms with Crippen LogP contribution in [0.2, 0.25) is 0 Å². The number of carboxylic acids is 1. The first kappa shape index (κ1) is 12.3. The number of thioether (sulfide) groups is 1. The second-order valence-corrected chi connectivity index (χ2v) is 5.11. The van der Waals surface area contributed by atoms with E-state index in [-0.39, 0.29) is 11.3 Å². The number of carbonyl (C=O) groups is 1. The molecule has 0 atom stereocenters. The molecule has 0 radical (unpaired) electrons. The van der Waals surface area contributed by atoms with Crippen molar-refractivity contribution in [2.24, 2.45) is 0 Å². The lowest BCUT2D eigenvalue weighted by atomic mass is 9.93. The summed E-state index contributed by atoms with van der Waals surface area (Å²) < 4.78 is 7.04. The largest absolute Gasteiger partial charge is 0.481 e. The van der Waals surface area contributed by atoms with Gasteiger partial charge in [-0.15, -0.1) is 5.10 Å². The van der Waals surface area contributed by atoms with Crippen molar-refractivity contribution in [3.63, 3.8) is 0 Å². The smallest absolute Gasteiger partial charge is 0.313 e. The van der Waals surface area contributed by atoms with Crippen molar-refractivity contribution < 1.29 is 14.6 Å².